The average molecular weight is 391 g/mol. The van der Waals surface area contributed by atoms with Gasteiger partial charge in [0.25, 0.3) is 0 Å². The summed E-state index contributed by atoms with van der Waals surface area (Å²) in [6.07, 6.45) is 2.38. The van der Waals surface area contributed by atoms with Gasteiger partial charge in [-0.25, -0.2) is 4.68 Å². The second kappa shape index (κ2) is 7.84. The van der Waals surface area contributed by atoms with E-state index in [0.29, 0.717) is 22.9 Å². The summed E-state index contributed by atoms with van der Waals surface area (Å²) in [5.74, 6) is 1.55. The van der Waals surface area contributed by atoms with Crippen molar-refractivity contribution >= 4 is 30.0 Å². The van der Waals surface area contributed by atoms with E-state index >= 15 is 0 Å². The van der Waals surface area contributed by atoms with E-state index in [0.717, 1.165) is 28.4 Å². The molecule has 136 valence electrons. The van der Waals surface area contributed by atoms with Crippen LogP contribution in [0.4, 0.5) is 0 Å². The van der Waals surface area contributed by atoms with E-state index in [2.05, 4.69) is 20.4 Å². The number of benzene rings is 1. The lowest BCUT2D eigenvalue weighted by Gasteiger charge is -2.06. The lowest BCUT2D eigenvalue weighted by atomic mass is 10.2. The monoisotopic (exact) mass is 390 g/mol. The summed E-state index contributed by atoms with van der Waals surface area (Å²) < 4.78 is 9.03. The number of aromatic amines is 1. The Morgan fingerprint density at radius 3 is 2.96 bits per heavy atom. The number of hydrogen-bond acceptors (Lipinski definition) is 5. The minimum atomic E-state index is 0.440. The van der Waals surface area contributed by atoms with E-state index in [1.807, 2.05) is 38.1 Å². The van der Waals surface area contributed by atoms with Gasteiger partial charge in [0.15, 0.2) is 5.82 Å². The fraction of sp³-hybridized carbons (Fsp3) is 0.294. The van der Waals surface area contributed by atoms with E-state index in [1.165, 1.54) is 0 Å². The number of ether oxygens (including phenoxy) is 1. The van der Waals surface area contributed by atoms with Crippen LogP contribution in [0.5, 0.6) is 5.75 Å². The van der Waals surface area contributed by atoms with Crippen LogP contribution in [0, 0.1) is 11.7 Å². The lowest BCUT2D eigenvalue weighted by molar-refractivity contribution is 0.414. The minimum Gasteiger partial charge on any atom is -0.497 e. The molecule has 0 atom stereocenters. The number of rotatable bonds is 6. The molecule has 3 rings (SSSR count). The van der Waals surface area contributed by atoms with Crippen molar-refractivity contribution in [3.8, 4) is 5.75 Å². The molecular formula is C17H19ClN6OS. The molecule has 2 heterocycles. The van der Waals surface area contributed by atoms with Crippen molar-refractivity contribution < 1.29 is 4.74 Å². The van der Waals surface area contributed by atoms with E-state index in [4.69, 9.17) is 28.6 Å². The number of halogens is 1. The van der Waals surface area contributed by atoms with Crippen LogP contribution >= 0.6 is 23.8 Å². The molecule has 26 heavy (non-hydrogen) atoms. The number of H-pyrrole nitrogens is 1. The first-order valence-corrected chi connectivity index (χ1v) is 8.88. The zero-order chi connectivity index (χ0) is 18.7. The quantitative estimate of drug-likeness (QED) is 0.515. The number of methoxy groups -OCH3 is 1. The van der Waals surface area contributed by atoms with Gasteiger partial charge in [-0.05, 0) is 36.8 Å². The Labute approximate surface area is 161 Å². The summed E-state index contributed by atoms with van der Waals surface area (Å²) >= 11 is 11.7. The summed E-state index contributed by atoms with van der Waals surface area (Å²) in [5, 5.41) is 16.3. The molecule has 0 saturated heterocycles. The molecule has 0 radical (unpaired) electrons. The van der Waals surface area contributed by atoms with Crippen LogP contribution in [0.25, 0.3) is 0 Å². The first-order chi connectivity index (χ1) is 12.5. The largest absolute Gasteiger partial charge is 0.497 e. The Hall–Kier alpha value is -2.45. The molecule has 3 aromatic rings. The molecule has 0 aliphatic rings. The van der Waals surface area contributed by atoms with Gasteiger partial charge in [-0.2, -0.15) is 20.0 Å². The van der Waals surface area contributed by atoms with Crippen LogP contribution in [0.2, 0.25) is 5.15 Å². The summed E-state index contributed by atoms with van der Waals surface area (Å²) in [5.41, 5.74) is 2.58. The van der Waals surface area contributed by atoms with Gasteiger partial charge in [0.2, 0.25) is 4.77 Å². The summed E-state index contributed by atoms with van der Waals surface area (Å²) in [4.78, 5) is 0. The van der Waals surface area contributed by atoms with E-state index in [9.17, 15) is 0 Å². The standard InChI is InChI=1S/C17H19ClN6OS/c1-4-15-20-21-17(26)24(15)19-9-14-11(2)22-23(16(14)18)10-12-6-5-7-13(8-12)25-3/h5-9H,4,10H2,1-3H3,(H,21,26)/b19-9+. The van der Waals surface area contributed by atoms with Gasteiger partial charge in [0, 0.05) is 6.42 Å². The Kier molecular flexibility index (Phi) is 5.53. The average Bonchev–Trinajstić information content (AvgIpc) is 3.13. The van der Waals surface area contributed by atoms with E-state index in [-0.39, 0.29) is 0 Å². The van der Waals surface area contributed by atoms with E-state index < -0.39 is 0 Å². The molecule has 0 bridgehead atoms. The predicted molar refractivity (Wildman–Crippen MR) is 104 cm³/mol. The Balaban J connectivity index is 1.89. The van der Waals surface area contributed by atoms with Crippen molar-refractivity contribution in [2.45, 2.75) is 26.8 Å². The lowest BCUT2D eigenvalue weighted by Crippen LogP contribution is -2.02. The summed E-state index contributed by atoms with van der Waals surface area (Å²) in [6.45, 7) is 4.42. The van der Waals surface area contributed by atoms with Gasteiger partial charge in [-0.3, -0.25) is 5.10 Å². The normalized spacial score (nSPS) is 11.4. The predicted octanol–water partition coefficient (Wildman–Crippen LogP) is 3.60. The summed E-state index contributed by atoms with van der Waals surface area (Å²) in [6, 6.07) is 7.80. The number of aromatic nitrogens is 5. The molecule has 0 fully saturated rings. The molecule has 0 spiro atoms. The van der Waals surface area contributed by atoms with Crippen LogP contribution in [0.3, 0.4) is 0 Å². The van der Waals surface area contributed by atoms with Gasteiger partial charge >= 0.3 is 0 Å². The third kappa shape index (κ3) is 3.71. The first-order valence-electron chi connectivity index (χ1n) is 8.10. The molecule has 9 heteroatoms. The zero-order valence-corrected chi connectivity index (χ0v) is 16.3. The molecule has 0 unspecified atom stereocenters. The second-order valence-electron chi connectivity index (χ2n) is 5.65. The number of nitrogens with zero attached hydrogens (tertiary/aromatic N) is 5. The third-order valence-electron chi connectivity index (χ3n) is 3.91. The maximum absolute atomic E-state index is 6.53. The first kappa shape index (κ1) is 18.3. The van der Waals surface area contributed by atoms with Crippen molar-refractivity contribution in [1.29, 1.82) is 0 Å². The van der Waals surface area contributed by atoms with Crippen molar-refractivity contribution in [1.82, 2.24) is 24.7 Å². The highest BCUT2D eigenvalue weighted by Crippen LogP contribution is 2.21. The number of nitrogens with one attached hydrogen (secondary N) is 1. The van der Waals surface area contributed by atoms with Gasteiger partial charge < -0.3 is 4.74 Å². The maximum Gasteiger partial charge on any atom is 0.216 e. The molecule has 1 N–H and O–H groups in total. The molecule has 0 amide bonds. The van der Waals surface area contributed by atoms with Crippen LogP contribution in [0.1, 0.15) is 29.6 Å². The Morgan fingerprint density at radius 1 is 1.42 bits per heavy atom. The van der Waals surface area contributed by atoms with Gasteiger partial charge in [-0.1, -0.05) is 30.7 Å². The van der Waals surface area contributed by atoms with Crippen LogP contribution in [-0.4, -0.2) is 38.0 Å². The van der Waals surface area contributed by atoms with Crippen molar-refractivity contribution in [2.24, 2.45) is 5.10 Å². The number of aryl methyl sites for hydroxylation is 2. The second-order valence-corrected chi connectivity index (χ2v) is 6.40. The molecule has 7 nitrogen and oxygen atoms in total. The van der Waals surface area contributed by atoms with Crippen molar-refractivity contribution in [3.05, 3.63) is 56.8 Å². The minimum absolute atomic E-state index is 0.440. The Bertz CT molecular complexity index is 1000. The highest BCUT2D eigenvalue weighted by molar-refractivity contribution is 7.71. The third-order valence-corrected chi connectivity index (χ3v) is 4.57. The SMILES string of the molecule is CCc1n[nH]c(=S)n1/N=C/c1c(C)nn(Cc2cccc(OC)c2)c1Cl. The van der Waals surface area contributed by atoms with Crippen LogP contribution < -0.4 is 4.74 Å². The maximum atomic E-state index is 6.53. The van der Waals surface area contributed by atoms with E-state index in [1.54, 1.807) is 22.7 Å². The number of hydrogen-bond donors (Lipinski definition) is 1. The van der Waals surface area contributed by atoms with Crippen molar-refractivity contribution in [2.75, 3.05) is 7.11 Å². The fourth-order valence-corrected chi connectivity index (χ4v) is 3.03. The molecule has 1 aromatic carbocycles. The molecule has 0 aliphatic heterocycles. The molecular weight excluding hydrogens is 372 g/mol. The summed E-state index contributed by atoms with van der Waals surface area (Å²) in [7, 11) is 1.64. The van der Waals surface area contributed by atoms with Gasteiger partial charge in [0.1, 0.15) is 10.9 Å². The highest BCUT2D eigenvalue weighted by Gasteiger charge is 2.13. The van der Waals surface area contributed by atoms with Gasteiger partial charge in [-0.15, -0.1) is 0 Å². The smallest absolute Gasteiger partial charge is 0.216 e. The topological polar surface area (TPSA) is 73.0 Å². The molecule has 2 aromatic heterocycles. The molecule has 0 saturated carbocycles. The zero-order valence-electron chi connectivity index (χ0n) is 14.7. The fourth-order valence-electron chi connectivity index (χ4n) is 2.55. The van der Waals surface area contributed by atoms with Crippen molar-refractivity contribution in [3.63, 3.8) is 0 Å². The highest BCUT2D eigenvalue weighted by atomic mass is 35.5. The molecule has 0 aliphatic carbocycles. The Morgan fingerprint density at radius 2 is 2.23 bits per heavy atom. The van der Waals surface area contributed by atoms with Crippen LogP contribution in [0.15, 0.2) is 29.4 Å². The van der Waals surface area contributed by atoms with Crippen LogP contribution in [-0.2, 0) is 13.0 Å². The van der Waals surface area contributed by atoms with Gasteiger partial charge in [0.05, 0.1) is 31.1 Å².